The number of rotatable bonds is 5. The second-order valence-corrected chi connectivity index (χ2v) is 5.57. The van der Waals surface area contributed by atoms with Gasteiger partial charge < -0.3 is 14.8 Å². The van der Waals surface area contributed by atoms with Gasteiger partial charge in [-0.15, -0.1) is 0 Å². The van der Waals surface area contributed by atoms with E-state index in [9.17, 15) is 0 Å². The Labute approximate surface area is 123 Å². The van der Waals surface area contributed by atoms with Crippen molar-refractivity contribution >= 4 is 15.9 Å². The molecule has 0 saturated carbocycles. The second-order valence-electron chi connectivity index (χ2n) is 4.71. The Morgan fingerprint density at radius 1 is 1.21 bits per heavy atom. The Morgan fingerprint density at radius 3 is 2.58 bits per heavy atom. The molecule has 0 amide bonds. The quantitative estimate of drug-likeness (QED) is 0.896. The average molecular weight is 329 g/mol. The molecule has 19 heavy (non-hydrogen) atoms. The van der Waals surface area contributed by atoms with Crippen LogP contribution in [0.15, 0.2) is 16.6 Å². The van der Waals surface area contributed by atoms with E-state index in [0.717, 1.165) is 42.9 Å². The Hall–Kier alpha value is -0.620. The Morgan fingerprint density at radius 2 is 1.95 bits per heavy atom. The molecule has 0 atom stereocenters. The summed E-state index contributed by atoms with van der Waals surface area (Å²) in [6.07, 6.45) is 0. The lowest BCUT2D eigenvalue weighted by atomic mass is 10.1. The van der Waals surface area contributed by atoms with Crippen LogP contribution in [0.25, 0.3) is 0 Å². The van der Waals surface area contributed by atoms with Gasteiger partial charge in [0.05, 0.1) is 18.2 Å². The van der Waals surface area contributed by atoms with Crippen LogP contribution in [-0.4, -0.2) is 45.3 Å². The van der Waals surface area contributed by atoms with E-state index >= 15 is 0 Å². The lowest BCUT2D eigenvalue weighted by Crippen LogP contribution is -2.43. The number of benzene rings is 1. The highest BCUT2D eigenvalue weighted by molar-refractivity contribution is 9.10. The van der Waals surface area contributed by atoms with E-state index in [4.69, 9.17) is 9.47 Å². The number of nitrogens with zero attached hydrogens (tertiary/aromatic N) is 1. The van der Waals surface area contributed by atoms with Gasteiger partial charge in [-0.05, 0) is 39.2 Å². The highest BCUT2D eigenvalue weighted by Gasteiger charge is 2.14. The van der Waals surface area contributed by atoms with Gasteiger partial charge in [0.1, 0.15) is 5.75 Å². The minimum absolute atomic E-state index is 0.616. The molecule has 4 nitrogen and oxygen atoms in total. The van der Waals surface area contributed by atoms with Crippen LogP contribution in [0.2, 0.25) is 0 Å². The van der Waals surface area contributed by atoms with Crippen molar-refractivity contribution in [1.82, 2.24) is 10.2 Å². The SMILES string of the molecule is COCc1cc(OC)c(Br)cc1CN1CCNCC1. The maximum atomic E-state index is 5.35. The molecule has 1 aliphatic heterocycles. The number of halogens is 1. The largest absolute Gasteiger partial charge is 0.496 e. The molecule has 5 heteroatoms. The van der Waals surface area contributed by atoms with Gasteiger partial charge in [0.15, 0.2) is 0 Å². The molecular weight excluding hydrogens is 308 g/mol. The van der Waals surface area contributed by atoms with Crippen LogP contribution >= 0.6 is 15.9 Å². The Balaban J connectivity index is 2.18. The highest BCUT2D eigenvalue weighted by Crippen LogP contribution is 2.29. The minimum atomic E-state index is 0.616. The van der Waals surface area contributed by atoms with Crippen molar-refractivity contribution in [2.24, 2.45) is 0 Å². The van der Waals surface area contributed by atoms with Gasteiger partial charge in [-0.25, -0.2) is 0 Å². The molecule has 0 spiro atoms. The molecule has 1 N–H and O–H groups in total. The molecule has 2 rings (SSSR count). The number of piperazine rings is 1. The molecule has 1 saturated heterocycles. The van der Waals surface area contributed by atoms with E-state index in [-0.39, 0.29) is 0 Å². The third-order valence-electron chi connectivity index (χ3n) is 3.38. The molecule has 106 valence electrons. The predicted molar refractivity (Wildman–Crippen MR) is 79.6 cm³/mol. The Kier molecular flexibility index (Phi) is 5.63. The van der Waals surface area contributed by atoms with Gasteiger partial charge in [0.2, 0.25) is 0 Å². The van der Waals surface area contributed by atoms with Crippen LogP contribution in [-0.2, 0) is 17.9 Å². The first-order valence-corrected chi connectivity index (χ1v) is 7.31. The highest BCUT2D eigenvalue weighted by atomic mass is 79.9. The van der Waals surface area contributed by atoms with E-state index in [1.807, 2.05) is 0 Å². The first-order chi connectivity index (χ1) is 9.24. The van der Waals surface area contributed by atoms with E-state index < -0.39 is 0 Å². The standard InChI is InChI=1S/C14H21BrN2O2/c1-18-10-12-8-14(19-2)13(15)7-11(12)9-17-5-3-16-4-6-17/h7-8,16H,3-6,9-10H2,1-2H3. The lowest BCUT2D eigenvalue weighted by Gasteiger charge is -2.28. The van der Waals surface area contributed by atoms with Crippen molar-refractivity contribution < 1.29 is 9.47 Å². The molecule has 0 unspecified atom stereocenters. The van der Waals surface area contributed by atoms with Crippen molar-refractivity contribution in [3.05, 3.63) is 27.7 Å². The summed E-state index contributed by atoms with van der Waals surface area (Å²) in [5.74, 6) is 0.858. The number of nitrogens with one attached hydrogen (secondary N) is 1. The summed E-state index contributed by atoms with van der Waals surface area (Å²) in [5.41, 5.74) is 2.50. The molecule has 1 aromatic carbocycles. The number of ether oxygens (including phenoxy) is 2. The summed E-state index contributed by atoms with van der Waals surface area (Å²) in [6, 6.07) is 4.21. The third-order valence-corrected chi connectivity index (χ3v) is 4.00. The fourth-order valence-corrected chi connectivity index (χ4v) is 2.89. The summed E-state index contributed by atoms with van der Waals surface area (Å²) in [6.45, 7) is 5.90. The van der Waals surface area contributed by atoms with E-state index in [0.29, 0.717) is 6.61 Å². The number of hydrogen-bond donors (Lipinski definition) is 1. The van der Waals surface area contributed by atoms with Crippen LogP contribution in [0.5, 0.6) is 5.75 Å². The van der Waals surface area contributed by atoms with Gasteiger partial charge in [0.25, 0.3) is 0 Å². The van der Waals surface area contributed by atoms with Gasteiger partial charge in [-0.2, -0.15) is 0 Å². The zero-order valence-corrected chi connectivity index (χ0v) is 13.1. The predicted octanol–water partition coefficient (Wildman–Crippen LogP) is 2.01. The van der Waals surface area contributed by atoms with Crippen molar-refractivity contribution in [2.45, 2.75) is 13.2 Å². The monoisotopic (exact) mass is 328 g/mol. The van der Waals surface area contributed by atoms with Crippen LogP contribution in [0.4, 0.5) is 0 Å². The molecule has 1 aromatic rings. The van der Waals surface area contributed by atoms with E-state index in [1.165, 1.54) is 11.1 Å². The van der Waals surface area contributed by atoms with Gasteiger partial charge in [0, 0.05) is 39.8 Å². The summed E-state index contributed by atoms with van der Waals surface area (Å²) < 4.78 is 11.6. The van der Waals surface area contributed by atoms with Crippen LogP contribution in [0, 0.1) is 0 Å². The smallest absolute Gasteiger partial charge is 0.133 e. The molecule has 1 aliphatic rings. The maximum absolute atomic E-state index is 5.35. The average Bonchev–Trinajstić information content (AvgIpc) is 2.43. The molecule has 0 bridgehead atoms. The van der Waals surface area contributed by atoms with Gasteiger partial charge >= 0.3 is 0 Å². The van der Waals surface area contributed by atoms with Gasteiger partial charge in [-0.3, -0.25) is 4.90 Å². The fraction of sp³-hybridized carbons (Fsp3) is 0.571. The molecule has 1 fully saturated rings. The minimum Gasteiger partial charge on any atom is -0.496 e. The first-order valence-electron chi connectivity index (χ1n) is 6.52. The topological polar surface area (TPSA) is 33.7 Å². The van der Waals surface area contributed by atoms with Crippen molar-refractivity contribution in [1.29, 1.82) is 0 Å². The second kappa shape index (κ2) is 7.24. The summed E-state index contributed by atoms with van der Waals surface area (Å²) in [7, 11) is 3.41. The maximum Gasteiger partial charge on any atom is 0.133 e. The number of methoxy groups -OCH3 is 2. The van der Waals surface area contributed by atoms with Crippen LogP contribution < -0.4 is 10.1 Å². The normalized spacial score (nSPS) is 16.6. The zero-order valence-electron chi connectivity index (χ0n) is 11.5. The molecule has 1 heterocycles. The summed E-state index contributed by atoms with van der Waals surface area (Å²) >= 11 is 3.56. The van der Waals surface area contributed by atoms with Crippen molar-refractivity contribution in [3.8, 4) is 5.75 Å². The van der Waals surface area contributed by atoms with Crippen molar-refractivity contribution in [2.75, 3.05) is 40.4 Å². The van der Waals surface area contributed by atoms with E-state index in [1.54, 1.807) is 14.2 Å². The summed E-state index contributed by atoms with van der Waals surface area (Å²) in [4.78, 5) is 2.46. The fourth-order valence-electron chi connectivity index (χ4n) is 2.34. The summed E-state index contributed by atoms with van der Waals surface area (Å²) in [5, 5.41) is 3.37. The third kappa shape index (κ3) is 3.92. The zero-order chi connectivity index (χ0) is 13.7. The lowest BCUT2D eigenvalue weighted by molar-refractivity contribution is 0.180. The molecule has 0 aliphatic carbocycles. The number of hydrogen-bond acceptors (Lipinski definition) is 4. The van der Waals surface area contributed by atoms with Crippen molar-refractivity contribution in [3.63, 3.8) is 0 Å². The molecule has 0 radical (unpaired) electrons. The van der Waals surface area contributed by atoms with Crippen LogP contribution in [0.3, 0.4) is 0 Å². The molecule has 0 aromatic heterocycles. The first kappa shape index (κ1) is 14.8. The molecular formula is C14H21BrN2O2. The van der Waals surface area contributed by atoms with E-state index in [2.05, 4.69) is 38.3 Å². The Bertz CT molecular complexity index is 420. The van der Waals surface area contributed by atoms with Gasteiger partial charge in [-0.1, -0.05) is 0 Å². The van der Waals surface area contributed by atoms with Crippen LogP contribution in [0.1, 0.15) is 11.1 Å².